The van der Waals surface area contributed by atoms with Gasteiger partial charge in [-0.3, -0.25) is 0 Å². The number of methoxy groups -OCH3 is 1. The summed E-state index contributed by atoms with van der Waals surface area (Å²) in [5.41, 5.74) is 6.03. The molecule has 2 N–H and O–H groups in total. The predicted molar refractivity (Wildman–Crippen MR) is 71.9 cm³/mol. The molecule has 0 saturated carbocycles. The highest BCUT2D eigenvalue weighted by Crippen LogP contribution is 2.20. The molecule has 0 spiro atoms. The number of carbonyl (C=O) groups is 1. The number of nitrogens with two attached hydrogens (primary N) is 1. The summed E-state index contributed by atoms with van der Waals surface area (Å²) in [4.78, 5) is 22.0. The summed E-state index contributed by atoms with van der Waals surface area (Å²) in [6.07, 6.45) is 3.03. The van der Waals surface area contributed by atoms with Crippen LogP contribution in [0.1, 0.15) is 5.69 Å². The fourth-order valence-corrected chi connectivity index (χ4v) is 2.05. The molecule has 1 saturated heterocycles. The van der Waals surface area contributed by atoms with Gasteiger partial charge in [0.1, 0.15) is 10.7 Å². The van der Waals surface area contributed by atoms with E-state index in [1.165, 1.54) is 19.5 Å². The summed E-state index contributed by atoms with van der Waals surface area (Å²) in [5.74, 6) is 0.0907. The Balaban J connectivity index is 2.37. The standard InChI is InChI=1S/C11H14N4O3S/c1-17-11(16)7-6-18-5-4-15(7)10-8(9(12)19)13-2-3-14-10/h2-3,7H,4-6H2,1H3,(H2,12,19). The number of aromatic nitrogens is 2. The van der Waals surface area contributed by atoms with Crippen LogP contribution >= 0.6 is 12.2 Å². The third-order valence-corrected chi connectivity index (χ3v) is 2.98. The minimum absolute atomic E-state index is 0.137. The molecule has 1 aromatic heterocycles. The lowest BCUT2D eigenvalue weighted by Gasteiger charge is -2.34. The van der Waals surface area contributed by atoms with Crippen LogP contribution in [0.25, 0.3) is 0 Å². The smallest absolute Gasteiger partial charge is 0.330 e. The maximum absolute atomic E-state index is 11.8. The molecular weight excluding hydrogens is 268 g/mol. The number of esters is 1. The lowest BCUT2D eigenvalue weighted by atomic mass is 10.2. The second kappa shape index (κ2) is 5.89. The summed E-state index contributed by atoms with van der Waals surface area (Å²) < 4.78 is 10.1. The van der Waals surface area contributed by atoms with Crippen LogP contribution in [-0.2, 0) is 14.3 Å². The molecule has 0 amide bonds. The summed E-state index contributed by atoms with van der Waals surface area (Å²) in [6.45, 7) is 1.22. The molecule has 0 radical (unpaired) electrons. The molecule has 19 heavy (non-hydrogen) atoms. The highest BCUT2D eigenvalue weighted by Gasteiger charge is 2.33. The van der Waals surface area contributed by atoms with Gasteiger partial charge in [0.25, 0.3) is 0 Å². The van der Waals surface area contributed by atoms with Crippen LogP contribution in [0.15, 0.2) is 12.4 Å². The Kier molecular flexibility index (Phi) is 4.23. The molecule has 2 heterocycles. The molecule has 1 atom stereocenters. The van der Waals surface area contributed by atoms with Crippen LogP contribution in [0.5, 0.6) is 0 Å². The van der Waals surface area contributed by atoms with E-state index in [9.17, 15) is 4.79 Å². The fraction of sp³-hybridized carbons (Fsp3) is 0.455. The molecule has 1 unspecified atom stereocenters. The number of nitrogens with zero attached hydrogens (tertiary/aromatic N) is 3. The summed E-state index contributed by atoms with van der Waals surface area (Å²) in [7, 11) is 1.33. The average molecular weight is 282 g/mol. The molecular formula is C11H14N4O3S. The summed E-state index contributed by atoms with van der Waals surface area (Å²) >= 11 is 4.95. The van der Waals surface area contributed by atoms with Gasteiger partial charge in [0.2, 0.25) is 0 Å². The number of anilines is 1. The first-order chi connectivity index (χ1) is 9.15. The van der Waals surface area contributed by atoms with Gasteiger partial charge in [-0.1, -0.05) is 12.2 Å². The van der Waals surface area contributed by atoms with Crippen molar-refractivity contribution >= 4 is 29.0 Å². The van der Waals surface area contributed by atoms with E-state index in [0.29, 0.717) is 24.7 Å². The average Bonchev–Trinajstić information content (AvgIpc) is 2.46. The van der Waals surface area contributed by atoms with E-state index in [-0.39, 0.29) is 17.6 Å². The van der Waals surface area contributed by atoms with Gasteiger partial charge in [-0.2, -0.15) is 0 Å². The van der Waals surface area contributed by atoms with Crippen LogP contribution in [0.3, 0.4) is 0 Å². The van der Waals surface area contributed by atoms with Crippen LogP contribution in [0.4, 0.5) is 5.82 Å². The molecule has 0 bridgehead atoms. The maximum Gasteiger partial charge on any atom is 0.330 e. The SMILES string of the molecule is COC(=O)C1COCCN1c1nccnc1C(N)=S. The van der Waals surface area contributed by atoms with Crippen molar-refractivity contribution in [2.45, 2.75) is 6.04 Å². The monoisotopic (exact) mass is 282 g/mol. The van der Waals surface area contributed by atoms with E-state index in [0.717, 1.165) is 0 Å². The maximum atomic E-state index is 11.8. The van der Waals surface area contributed by atoms with Crippen LogP contribution in [-0.4, -0.2) is 53.8 Å². The van der Waals surface area contributed by atoms with Crippen molar-refractivity contribution in [1.82, 2.24) is 9.97 Å². The van der Waals surface area contributed by atoms with Crippen LogP contribution in [0.2, 0.25) is 0 Å². The van der Waals surface area contributed by atoms with E-state index in [4.69, 9.17) is 27.4 Å². The van der Waals surface area contributed by atoms with Gasteiger partial charge in [0.15, 0.2) is 11.9 Å². The molecule has 0 aromatic carbocycles. The zero-order chi connectivity index (χ0) is 13.8. The highest BCUT2D eigenvalue weighted by molar-refractivity contribution is 7.80. The third kappa shape index (κ3) is 2.79. The number of thiocarbonyl (C=S) groups is 1. The first kappa shape index (κ1) is 13.6. The molecule has 7 nitrogen and oxygen atoms in total. The van der Waals surface area contributed by atoms with E-state index >= 15 is 0 Å². The summed E-state index contributed by atoms with van der Waals surface area (Å²) in [5, 5.41) is 0. The van der Waals surface area contributed by atoms with Gasteiger partial charge >= 0.3 is 5.97 Å². The second-order valence-electron chi connectivity index (χ2n) is 3.90. The Morgan fingerprint density at radius 2 is 2.32 bits per heavy atom. The molecule has 1 aliphatic rings. The Labute approximate surface area is 115 Å². The number of carbonyl (C=O) groups excluding carboxylic acids is 1. The van der Waals surface area contributed by atoms with Gasteiger partial charge in [0.05, 0.1) is 20.3 Å². The van der Waals surface area contributed by atoms with Crippen LogP contribution in [0, 0.1) is 0 Å². The lowest BCUT2D eigenvalue weighted by Crippen LogP contribution is -2.51. The van der Waals surface area contributed by atoms with E-state index in [1.54, 1.807) is 4.90 Å². The normalized spacial score (nSPS) is 19.0. The number of ether oxygens (including phenoxy) is 2. The number of hydrogen-bond acceptors (Lipinski definition) is 7. The minimum atomic E-state index is -0.566. The van der Waals surface area contributed by atoms with E-state index < -0.39 is 6.04 Å². The third-order valence-electron chi connectivity index (χ3n) is 2.79. The van der Waals surface area contributed by atoms with Crippen molar-refractivity contribution in [3.8, 4) is 0 Å². The largest absolute Gasteiger partial charge is 0.467 e. The fourth-order valence-electron chi connectivity index (χ4n) is 1.90. The van der Waals surface area contributed by atoms with Crippen LogP contribution < -0.4 is 10.6 Å². The molecule has 8 heteroatoms. The van der Waals surface area contributed by atoms with E-state index in [1.807, 2.05) is 0 Å². The van der Waals surface area contributed by atoms with Crippen molar-refractivity contribution in [2.24, 2.45) is 5.73 Å². The second-order valence-corrected chi connectivity index (χ2v) is 4.34. The Hall–Kier alpha value is -1.80. The molecule has 1 aliphatic heterocycles. The number of morpholine rings is 1. The molecule has 2 rings (SSSR count). The zero-order valence-corrected chi connectivity index (χ0v) is 11.2. The topological polar surface area (TPSA) is 90.6 Å². The molecule has 102 valence electrons. The number of rotatable bonds is 3. The summed E-state index contributed by atoms with van der Waals surface area (Å²) in [6, 6.07) is -0.566. The van der Waals surface area contributed by atoms with Gasteiger partial charge in [-0.05, 0) is 0 Å². The first-order valence-corrected chi connectivity index (χ1v) is 6.09. The highest BCUT2D eigenvalue weighted by atomic mass is 32.1. The Morgan fingerprint density at radius 1 is 1.58 bits per heavy atom. The Morgan fingerprint density at radius 3 is 3.00 bits per heavy atom. The molecule has 1 fully saturated rings. The van der Waals surface area contributed by atoms with Gasteiger partial charge in [-0.15, -0.1) is 0 Å². The predicted octanol–water partition coefficient (Wildman–Crippen LogP) is -0.511. The van der Waals surface area contributed by atoms with Gasteiger partial charge < -0.3 is 20.1 Å². The zero-order valence-electron chi connectivity index (χ0n) is 10.4. The van der Waals surface area contributed by atoms with Crippen molar-refractivity contribution < 1.29 is 14.3 Å². The quantitative estimate of drug-likeness (QED) is 0.585. The van der Waals surface area contributed by atoms with E-state index in [2.05, 4.69) is 9.97 Å². The van der Waals surface area contributed by atoms with Crippen molar-refractivity contribution in [2.75, 3.05) is 31.8 Å². The lowest BCUT2D eigenvalue weighted by molar-refractivity contribution is -0.144. The molecule has 1 aromatic rings. The number of hydrogen-bond donors (Lipinski definition) is 1. The first-order valence-electron chi connectivity index (χ1n) is 5.68. The molecule has 0 aliphatic carbocycles. The van der Waals surface area contributed by atoms with Crippen molar-refractivity contribution in [1.29, 1.82) is 0 Å². The van der Waals surface area contributed by atoms with Gasteiger partial charge in [0, 0.05) is 18.9 Å². The Bertz CT molecular complexity index is 497. The minimum Gasteiger partial charge on any atom is -0.467 e. The van der Waals surface area contributed by atoms with Gasteiger partial charge in [-0.25, -0.2) is 14.8 Å². The van der Waals surface area contributed by atoms with Crippen molar-refractivity contribution in [3.63, 3.8) is 0 Å². The van der Waals surface area contributed by atoms with Crippen molar-refractivity contribution in [3.05, 3.63) is 18.1 Å².